The summed E-state index contributed by atoms with van der Waals surface area (Å²) in [7, 11) is -3.15. The number of sulfone groups is 1. The SMILES string of the molecule is CCC(C)N(C(=O)COC(=O)C1c2ccccc2Oc2ccccc21)C1CCS(=O)(=O)C1. The molecule has 0 N–H and O–H groups in total. The third kappa shape index (κ3) is 4.37. The average Bonchev–Trinajstić information content (AvgIpc) is 3.14. The lowest BCUT2D eigenvalue weighted by atomic mass is 9.88. The first-order valence-electron chi connectivity index (χ1n) is 10.8. The van der Waals surface area contributed by atoms with E-state index in [0.717, 1.165) is 0 Å². The fourth-order valence-electron chi connectivity index (χ4n) is 4.46. The van der Waals surface area contributed by atoms with E-state index in [2.05, 4.69) is 0 Å². The molecule has 2 unspecified atom stereocenters. The molecule has 2 aromatic carbocycles. The van der Waals surface area contributed by atoms with Crippen molar-refractivity contribution < 1.29 is 27.5 Å². The van der Waals surface area contributed by atoms with Gasteiger partial charge < -0.3 is 14.4 Å². The Bertz CT molecular complexity index is 1080. The van der Waals surface area contributed by atoms with E-state index in [0.29, 0.717) is 35.5 Å². The Hall–Kier alpha value is -2.87. The molecule has 1 amide bonds. The van der Waals surface area contributed by atoms with Gasteiger partial charge in [0.15, 0.2) is 16.4 Å². The van der Waals surface area contributed by atoms with Crippen molar-refractivity contribution in [3.63, 3.8) is 0 Å². The zero-order valence-corrected chi connectivity index (χ0v) is 19.0. The number of fused-ring (bicyclic) bond motifs is 2. The predicted octanol–water partition coefficient (Wildman–Crippen LogP) is 3.28. The minimum absolute atomic E-state index is 0.0439. The maximum atomic E-state index is 13.2. The number of esters is 1. The summed E-state index contributed by atoms with van der Waals surface area (Å²) in [5, 5.41) is 0. The molecule has 0 saturated carbocycles. The Morgan fingerprint density at radius 3 is 2.22 bits per heavy atom. The maximum absolute atomic E-state index is 13.2. The highest BCUT2D eigenvalue weighted by molar-refractivity contribution is 7.91. The van der Waals surface area contributed by atoms with E-state index < -0.39 is 28.3 Å². The molecule has 1 saturated heterocycles. The van der Waals surface area contributed by atoms with E-state index >= 15 is 0 Å². The second-order valence-corrected chi connectivity index (χ2v) is 10.6. The molecule has 4 rings (SSSR count). The monoisotopic (exact) mass is 457 g/mol. The van der Waals surface area contributed by atoms with Crippen LogP contribution >= 0.6 is 0 Å². The molecule has 0 bridgehead atoms. The molecule has 8 heteroatoms. The highest BCUT2D eigenvalue weighted by Gasteiger charge is 2.38. The van der Waals surface area contributed by atoms with Crippen LogP contribution in [0.3, 0.4) is 0 Å². The molecule has 2 aliphatic heterocycles. The van der Waals surface area contributed by atoms with Crippen LogP contribution in [0.25, 0.3) is 0 Å². The number of nitrogens with zero attached hydrogens (tertiary/aromatic N) is 1. The van der Waals surface area contributed by atoms with Crippen LogP contribution in [0, 0.1) is 0 Å². The van der Waals surface area contributed by atoms with E-state index in [1.165, 1.54) is 0 Å². The highest BCUT2D eigenvalue weighted by Crippen LogP contribution is 2.44. The van der Waals surface area contributed by atoms with Crippen LogP contribution in [0.2, 0.25) is 0 Å². The number of carbonyl (C=O) groups is 2. The summed E-state index contributed by atoms with van der Waals surface area (Å²) in [6.45, 7) is 3.40. The molecule has 2 atom stereocenters. The smallest absolute Gasteiger partial charge is 0.318 e. The number of hydrogen-bond donors (Lipinski definition) is 0. The fraction of sp³-hybridized carbons (Fsp3) is 0.417. The lowest BCUT2D eigenvalue weighted by Crippen LogP contribution is -2.48. The van der Waals surface area contributed by atoms with Gasteiger partial charge in [-0.15, -0.1) is 0 Å². The van der Waals surface area contributed by atoms with Gasteiger partial charge in [-0.05, 0) is 31.9 Å². The summed E-state index contributed by atoms with van der Waals surface area (Å²) < 4.78 is 35.3. The molecule has 1 fully saturated rings. The Kier molecular flexibility index (Phi) is 6.24. The molecule has 0 aromatic heterocycles. The molecule has 0 spiro atoms. The zero-order chi connectivity index (χ0) is 22.9. The van der Waals surface area contributed by atoms with Crippen molar-refractivity contribution in [1.82, 2.24) is 4.90 Å². The standard InChI is InChI=1S/C24H27NO6S/c1-3-16(2)25(17-12-13-32(28,29)15-17)22(26)14-30-24(27)23-18-8-4-6-10-20(18)31-21-11-7-5-9-19(21)23/h4-11,16-17,23H,3,12-15H2,1-2H3. The molecular formula is C24H27NO6S. The van der Waals surface area contributed by atoms with Gasteiger partial charge in [-0.25, -0.2) is 8.42 Å². The second kappa shape index (κ2) is 8.94. The third-order valence-electron chi connectivity index (χ3n) is 6.21. The summed E-state index contributed by atoms with van der Waals surface area (Å²) in [5.74, 6) is -0.417. The number of hydrogen-bond acceptors (Lipinski definition) is 6. The molecule has 0 radical (unpaired) electrons. The Labute approximate surface area is 188 Å². The number of para-hydroxylation sites is 2. The average molecular weight is 458 g/mol. The van der Waals surface area contributed by atoms with Crippen LogP contribution in [0.15, 0.2) is 48.5 Å². The molecule has 2 aliphatic rings. The van der Waals surface area contributed by atoms with Gasteiger partial charge in [-0.1, -0.05) is 43.3 Å². The minimum atomic E-state index is -3.15. The Morgan fingerprint density at radius 2 is 1.69 bits per heavy atom. The van der Waals surface area contributed by atoms with Gasteiger partial charge in [0.05, 0.1) is 11.5 Å². The van der Waals surface area contributed by atoms with Crippen molar-refractivity contribution in [2.24, 2.45) is 0 Å². The van der Waals surface area contributed by atoms with Gasteiger partial charge in [0.1, 0.15) is 17.4 Å². The van der Waals surface area contributed by atoms with Crippen LogP contribution in [0.5, 0.6) is 11.5 Å². The molecule has 7 nitrogen and oxygen atoms in total. The number of rotatable bonds is 6. The third-order valence-corrected chi connectivity index (χ3v) is 7.96. The number of benzene rings is 2. The predicted molar refractivity (Wildman–Crippen MR) is 119 cm³/mol. The van der Waals surface area contributed by atoms with E-state index in [9.17, 15) is 18.0 Å². The van der Waals surface area contributed by atoms with Gasteiger partial charge in [0.25, 0.3) is 5.91 Å². The fourth-order valence-corrected chi connectivity index (χ4v) is 6.17. The van der Waals surface area contributed by atoms with Crippen LogP contribution in [0.4, 0.5) is 0 Å². The Balaban J connectivity index is 1.53. The Morgan fingerprint density at radius 1 is 1.09 bits per heavy atom. The van der Waals surface area contributed by atoms with Crippen molar-refractivity contribution in [2.75, 3.05) is 18.1 Å². The van der Waals surface area contributed by atoms with Crippen molar-refractivity contribution in [3.05, 3.63) is 59.7 Å². The van der Waals surface area contributed by atoms with Crippen LogP contribution in [0.1, 0.15) is 43.7 Å². The van der Waals surface area contributed by atoms with E-state index in [4.69, 9.17) is 9.47 Å². The van der Waals surface area contributed by atoms with Crippen molar-refractivity contribution in [2.45, 2.75) is 44.7 Å². The van der Waals surface area contributed by atoms with Gasteiger partial charge in [0.2, 0.25) is 0 Å². The first-order valence-corrected chi connectivity index (χ1v) is 12.7. The highest BCUT2D eigenvalue weighted by atomic mass is 32.2. The van der Waals surface area contributed by atoms with Gasteiger partial charge >= 0.3 is 5.97 Å². The van der Waals surface area contributed by atoms with Crippen molar-refractivity contribution in [3.8, 4) is 11.5 Å². The summed E-state index contributed by atoms with van der Waals surface area (Å²) >= 11 is 0. The topological polar surface area (TPSA) is 90.0 Å². The molecule has 0 aliphatic carbocycles. The molecule has 170 valence electrons. The van der Waals surface area contributed by atoms with Gasteiger partial charge in [-0.2, -0.15) is 0 Å². The lowest BCUT2D eigenvalue weighted by molar-refractivity contribution is -0.154. The van der Waals surface area contributed by atoms with Crippen LogP contribution in [-0.4, -0.2) is 55.4 Å². The molecule has 32 heavy (non-hydrogen) atoms. The largest absolute Gasteiger partial charge is 0.457 e. The summed E-state index contributed by atoms with van der Waals surface area (Å²) in [6, 6.07) is 14.0. The minimum Gasteiger partial charge on any atom is -0.457 e. The summed E-state index contributed by atoms with van der Waals surface area (Å²) in [5.41, 5.74) is 1.37. The summed E-state index contributed by atoms with van der Waals surface area (Å²) in [4.78, 5) is 27.8. The summed E-state index contributed by atoms with van der Waals surface area (Å²) in [6.07, 6.45) is 1.09. The number of ether oxygens (including phenoxy) is 2. The van der Waals surface area contributed by atoms with Gasteiger partial charge in [0, 0.05) is 23.2 Å². The normalized spacial score (nSPS) is 19.9. The van der Waals surface area contributed by atoms with E-state index in [1.807, 2.05) is 50.2 Å². The number of amides is 1. The molecule has 2 heterocycles. The number of carbonyl (C=O) groups excluding carboxylic acids is 2. The van der Waals surface area contributed by atoms with Gasteiger partial charge in [-0.3, -0.25) is 9.59 Å². The zero-order valence-electron chi connectivity index (χ0n) is 18.2. The van der Waals surface area contributed by atoms with E-state index in [1.54, 1.807) is 17.0 Å². The van der Waals surface area contributed by atoms with E-state index in [-0.39, 0.29) is 29.5 Å². The lowest BCUT2D eigenvalue weighted by Gasteiger charge is -2.33. The van der Waals surface area contributed by atoms with Crippen LogP contribution in [-0.2, 0) is 24.2 Å². The molecular weight excluding hydrogens is 430 g/mol. The second-order valence-electron chi connectivity index (χ2n) is 8.33. The first kappa shape index (κ1) is 22.3. The van der Waals surface area contributed by atoms with Crippen LogP contribution < -0.4 is 4.74 Å². The molecule has 2 aromatic rings. The van der Waals surface area contributed by atoms with Crippen molar-refractivity contribution >= 4 is 21.7 Å². The van der Waals surface area contributed by atoms with Crippen molar-refractivity contribution in [1.29, 1.82) is 0 Å². The quantitative estimate of drug-likeness (QED) is 0.619. The maximum Gasteiger partial charge on any atom is 0.318 e. The first-order chi connectivity index (χ1) is 15.3.